The van der Waals surface area contributed by atoms with Crippen molar-refractivity contribution < 1.29 is 9.84 Å². The molecule has 0 saturated carbocycles. The highest BCUT2D eigenvalue weighted by Crippen LogP contribution is 2.24. The van der Waals surface area contributed by atoms with Crippen LogP contribution in [-0.2, 0) is 6.54 Å². The maximum atomic E-state index is 9.59. The zero-order valence-corrected chi connectivity index (χ0v) is 11.2. The number of aliphatic hydroxyl groups excluding tert-OH is 1. The van der Waals surface area contributed by atoms with E-state index in [0.29, 0.717) is 0 Å². The topological polar surface area (TPSA) is 32.7 Å². The van der Waals surface area contributed by atoms with E-state index in [1.165, 1.54) is 0 Å². The van der Waals surface area contributed by atoms with Gasteiger partial charge in [-0.2, -0.15) is 0 Å². The van der Waals surface area contributed by atoms with Crippen molar-refractivity contribution in [2.24, 2.45) is 0 Å². The van der Waals surface area contributed by atoms with E-state index in [0.717, 1.165) is 36.4 Å². The molecule has 3 heteroatoms. The summed E-state index contributed by atoms with van der Waals surface area (Å²) >= 11 is 0. The van der Waals surface area contributed by atoms with Crippen LogP contribution in [0.25, 0.3) is 0 Å². The van der Waals surface area contributed by atoms with E-state index in [1.54, 1.807) is 14.0 Å². The monoisotopic (exact) mass is 237 g/mol. The van der Waals surface area contributed by atoms with Gasteiger partial charge in [-0.05, 0) is 44.6 Å². The van der Waals surface area contributed by atoms with Gasteiger partial charge >= 0.3 is 0 Å². The number of rotatable bonds is 6. The van der Waals surface area contributed by atoms with Crippen molar-refractivity contribution in [2.45, 2.75) is 32.9 Å². The molecule has 1 rings (SSSR count). The average molecular weight is 237 g/mol. The largest absolute Gasteiger partial charge is 0.496 e. The highest BCUT2D eigenvalue weighted by Gasteiger charge is 2.09. The van der Waals surface area contributed by atoms with Crippen LogP contribution < -0.4 is 4.74 Å². The molecule has 0 bridgehead atoms. The lowest BCUT2D eigenvalue weighted by atomic mass is 10.1. The molecule has 1 aromatic carbocycles. The van der Waals surface area contributed by atoms with E-state index in [4.69, 9.17) is 4.74 Å². The summed E-state index contributed by atoms with van der Waals surface area (Å²) in [7, 11) is 3.78. The van der Waals surface area contributed by atoms with E-state index < -0.39 is 6.10 Å². The van der Waals surface area contributed by atoms with Gasteiger partial charge in [-0.3, -0.25) is 0 Å². The van der Waals surface area contributed by atoms with Crippen LogP contribution in [0.1, 0.15) is 37.5 Å². The number of benzene rings is 1. The first-order valence-corrected chi connectivity index (χ1v) is 6.11. The molecule has 0 heterocycles. The summed E-state index contributed by atoms with van der Waals surface area (Å²) in [5, 5.41) is 9.59. The Bertz CT molecular complexity index is 350. The van der Waals surface area contributed by atoms with Gasteiger partial charge in [-0.25, -0.2) is 0 Å². The maximum absolute atomic E-state index is 9.59. The smallest absolute Gasteiger partial charge is 0.123 e. The minimum atomic E-state index is -0.434. The third-order valence-electron chi connectivity index (χ3n) is 2.83. The lowest BCUT2D eigenvalue weighted by Crippen LogP contribution is -2.19. The Kier molecular flexibility index (Phi) is 5.45. The van der Waals surface area contributed by atoms with Gasteiger partial charge in [0.15, 0.2) is 0 Å². The molecule has 0 aliphatic rings. The summed E-state index contributed by atoms with van der Waals surface area (Å²) in [6.45, 7) is 5.85. The molecule has 0 fully saturated rings. The van der Waals surface area contributed by atoms with Crippen LogP contribution in [0.2, 0.25) is 0 Å². The van der Waals surface area contributed by atoms with Crippen LogP contribution in [0.3, 0.4) is 0 Å². The molecule has 0 aliphatic heterocycles. The number of hydrogen-bond donors (Lipinski definition) is 1. The second-order valence-corrected chi connectivity index (χ2v) is 4.49. The Labute approximate surface area is 104 Å². The van der Waals surface area contributed by atoms with E-state index >= 15 is 0 Å². The highest BCUT2D eigenvalue weighted by atomic mass is 16.5. The number of nitrogens with zero attached hydrogens (tertiary/aromatic N) is 1. The predicted molar refractivity (Wildman–Crippen MR) is 70.3 cm³/mol. The quantitative estimate of drug-likeness (QED) is 0.825. The predicted octanol–water partition coefficient (Wildman–Crippen LogP) is 2.59. The van der Waals surface area contributed by atoms with Crippen molar-refractivity contribution in [3.8, 4) is 5.75 Å². The van der Waals surface area contributed by atoms with Crippen molar-refractivity contribution in [2.75, 3.05) is 20.7 Å². The first kappa shape index (κ1) is 14.0. The molecule has 0 aromatic heterocycles. The minimum Gasteiger partial charge on any atom is -0.496 e. The van der Waals surface area contributed by atoms with Gasteiger partial charge in [-0.15, -0.1) is 0 Å². The molecule has 17 heavy (non-hydrogen) atoms. The van der Waals surface area contributed by atoms with Crippen LogP contribution in [0.15, 0.2) is 18.2 Å². The molecule has 1 aromatic rings. The zero-order valence-electron chi connectivity index (χ0n) is 11.2. The summed E-state index contributed by atoms with van der Waals surface area (Å²) in [5.41, 5.74) is 2.06. The van der Waals surface area contributed by atoms with Gasteiger partial charge in [0.2, 0.25) is 0 Å². The molecule has 1 N–H and O–H groups in total. The van der Waals surface area contributed by atoms with Crippen molar-refractivity contribution in [1.29, 1.82) is 0 Å². The second kappa shape index (κ2) is 6.62. The van der Waals surface area contributed by atoms with E-state index in [1.807, 2.05) is 18.2 Å². The second-order valence-electron chi connectivity index (χ2n) is 4.49. The van der Waals surface area contributed by atoms with E-state index in [9.17, 15) is 5.11 Å². The normalized spacial score (nSPS) is 12.8. The molecule has 0 saturated heterocycles. The standard InChI is InChI=1S/C14H23NO2/c1-5-8-15(3)10-13-9-12(11(2)16)6-7-14(13)17-4/h6-7,9,11,16H,5,8,10H2,1-4H3. The zero-order chi connectivity index (χ0) is 12.8. The molecule has 1 atom stereocenters. The molecule has 0 radical (unpaired) electrons. The Morgan fingerprint density at radius 2 is 2.12 bits per heavy atom. The lowest BCUT2D eigenvalue weighted by Gasteiger charge is -2.18. The van der Waals surface area contributed by atoms with Gasteiger partial charge < -0.3 is 14.7 Å². The van der Waals surface area contributed by atoms with Gasteiger partial charge in [0.05, 0.1) is 13.2 Å². The Balaban J connectivity index is 2.89. The summed E-state index contributed by atoms with van der Waals surface area (Å²) in [6, 6.07) is 5.86. The average Bonchev–Trinajstić information content (AvgIpc) is 2.29. The SMILES string of the molecule is CCCN(C)Cc1cc(C(C)O)ccc1OC. The van der Waals surface area contributed by atoms with Crippen LogP contribution in [0.5, 0.6) is 5.75 Å². The third kappa shape index (κ3) is 4.02. The van der Waals surface area contributed by atoms with Crippen molar-refractivity contribution in [3.63, 3.8) is 0 Å². The fourth-order valence-electron chi connectivity index (χ4n) is 1.93. The molecule has 3 nitrogen and oxygen atoms in total. The summed E-state index contributed by atoms with van der Waals surface area (Å²) in [5.74, 6) is 0.886. The molecule has 0 spiro atoms. The Hall–Kier alpha value is -1.06. The molecule has 0 amide bonds. The molecular formula is C14H23NO2. The van der Waals surface area contributed by atoms with Crippen LogP contribution in [0.4, 0.5) is 0 Å². The maximum Gasteiger partial charge on any atom is 0.123 e. The van der Waals surface area contributed by atoms with Crippen LogP contribution in [-0.4, -0.2) is 30.7 Å². The van der Waals surface area contributed by atoms with Crippen LogP contribution in [0, 0.1) is 0 Å². The number of ether oxygens (including phenoxy) is 1. The fraction of sp³-hybridized carbons (Fsp3) is 0.571. The van der Waals surface area contributed by atoms with Crippen molar-refractivity contribution in [1.82, 2.24) is 4.90 Å². The first-order valence-electron chi connectivity index (χ1n) is 6.11. The number of hydrogen-bond acceptors (Lipinski definition) is 3. The molecule has 1 unspecified atom stereocenters. The Morgan fingerprint density at radius 1 is 1.41 bits per heavy atom. The minimum absolute atomic E-state index is 0.434. The Morgan fingerprint density at radius 3 is 2.65 bits per heavy atom. The highest BCUT2D eigenvalue weighted by molar-refractivity contribution is 5.38. The number of aliphatic hydroxyl groups is 1. The van der Waals surface area contributed by atoms with Gasteiger partial charge in [-0.1, -0.05) is 13.0 Å². The third-order valence-corrected chi connectivity index (χ3v) is 2.83. The lowest BCUT2D eigenvalue weighted by molar-refractivity contribution is 0.199. The molecule has 96 valence electrons. The van der Waals surface area contributed by atoms with Crippen molar-refractivity contribution in [3.05, 3.63) is 29.3 Å². The number of methoxy groups -OCH3 is 1. The summed E-state index contributed by atoms with van der Waals surface area (Å²) in [4.78, 5) is 2.25. The van der Waals surface area contributed by atoms with Gasteiger partial charge in [0.1, 0.15) is 5.75 Å². The summed E-state index contributed by atoms with van der Waals surface area (Å²) in [6.07, 6.45) is 0.700. The molecular weight excluding hydrogens is 214 g/mol. The van der Waals surface area contributed by atoms with E-state index in [2.05, 4.69) is 18.9 Å². The fourth-order valence-corrected chi connectivity index (χ4v) is 1.93. The van der Waals surface area contributed by atoms with Crippen molar-refractivity contribution >= 4 is 0 Å². The van der Waals surface area contributed by atoms with E-state index in [-0.39, 0.29) is 0 Å². The van der Waals surface area contributed by atoms with Gasteiger partial charge in [0, 0.05) is 12.1 Å². The van der Waals surface area contributed by atoms with Crippen LogP contribution >= 0.6 is 0 Å². The van der Waals surface area contributed by atoms with Gasteiger partial charge in [0.25, 0.3) is 0 Å². The molecule has 0 aliphatic carbocycles. The summed E-state index contributed by atoms with van der Waals surface area (Å²) < 4.78 is 5.35. The first-order chi connectivity index (χ1) is 8.08.